The molecule has 0 heterocycles. The Morgan fingerprint density at radius 2 is 2.08 bits per heavy atom. The van der Waals surface area contributed by atoms with Gasteiger partial charge in [0.25, 0.3) is 0 Å². The van der Waals surface area contributed by atoms with Gasteiger partial charge in [-0.25, -0.2) is 0 Å². The maximum absolute atomic E-state index is 8.73. The van der Waals surface area contributed by atoms with E-state index in [1.807, 2.05) is 0 Å². The highest BCUT2D eigenvalue weighted by atomic mass is 16.2. The fourth-order valence-electron chi connectivity index (χ4n) is 2.18. The molecule has 0 aliphatic heterocycles. The van der Waals surface area contributed by atoms with Crippen molar-refractivity contribution >= 4 is 0 Å². The van der Waals surface area contributed by atoms with Crippen molar-refractivity contribution < 1.29 is 5.11 Å². The minimum Gasteiger partial charge on any atom is -0.396 e. The van der Waals surface area contributed by atoms with Crippen LogP contribution in [0.25, 0.3) is 0 Å². The Labute approximate surface area is 75.5 Å². The van der Waals surface area contributed by atoms with Crippen LogP contribution in [0.1, 0.15) is 40.0 Å². The Morgan fingerprint density at radius 3 is 2.50 bits per heavy atom. The molecule has 1 nitrogen and oxygen atoms in total. The van der Waals surface area contributed by atoms with Gasteiger partial charge in [-0.15, -0.1) is 0 Å². The summed E-state index contributed by atoms with van der Waals surface area (Å²) in [7, 11) is 0. The van der Waals surface area contributed by atoms with E-state index in [0.29, 0.717) is 6.61 Å². The third-order valence-electron chi connectivity index (χ3n) is 3.36. The standard InChI is InChI=1S/C11H20O/c1-8-7-11(5-4-6-12)10(3)9(8)2/h10-12H,4-7H2,1-3H3. The molecule has 0 amide bonds. The summed E-state index contributed by atoms with van der Waals surface area (Å²) in [6.07, 6.45) is 3.41. The fourth-order valence-corrected chi connectivity index (χ4v) is 2.18. The summed E-state index contributed by atoms with van der Waals surface area (Å²) in [5.74, 6) is 1.55. The molecule has 70 valence electrons. The number of rotatable bonds is 3. The number of aliphatic hydroxyl groups excluding tert-OH is 1. The zero-order chi connectivity index (χ0) is 9.14. The largest absolute Gasteiger partial charge is 0.396 e. The molecule has 0 bridgehead atoms. The van der Waals surface area contributed by atoms with Crippen molar-refractivity contribution in [2.75, 3.05) is 6.61 Å². The zero-order valence-electron chi connectivity index (χ0n) is 8.43. The Morgan fingerprint density at radius 1 is 1.42 bits per heavy atom. The molecule has 1 N–H and O–H groups in total. The van der Waals surface area contributed by atoms with Gasteiger partial charge in [-0.2, -0.15) is 0 Å². The van der Waals surface area contributed by atoms with Crippen LogP contribution in [0.4, 0.5) is 0 Å². The topological polar surface area (TPSA) is 20.2 Å². The minimum absolute atomic E-state index is 0.349. The van der Waals surface area contributed by atoms with Crippen molar-refractivity contribution in [3.63, 3.8) is 0 Å². The van der Waals surface area contributed by atoms with Crippen LogP contribution in [0, 0.1) is 11.8 Å². The Hall–Kier alpha value is -0.300. The van der Waals surface area contributed by atoms with Crippen molar-refractivity contribution in [1.29, 1.82) is 0 Å². The van der Waals surface area contributed by atoms with E-state index in [0.717, 1.165) is 18.3 Å². The Balaban J connectivity index is 2.43. The molecule has 1 rings (SSSR count). The smallest absolute Gasteiger partial charge is 0.0431 e. The van der Waals surface area contributed by atoms with Gasteiger partial charge < -0.3 is 5.11 Å². The second-order valence-corrected chi connectivity index (χ2v) is 4.08. The predicted octanol–water partition coefficient (Wildman–Crippen LogP) is 2.75. The van der Waals surface area contributed by atoms with Crippen LogP contribution in [-0.2, 0) is 0 Å². The van der Waals surface area contributed by atoms with Gasteiger partial charge in [0.2, 0.25) is 0 Å². The molecule has 0 aromatic carbocycles. The molecule has 0 aromatic rings. The van der Waals surface area contributed by atoms with Crippen LogP contribution < -0.4 is 0 Å². The number of hydrogen-bond donors (Lipinski definition) is 1. The van der Waals surface area contributed by atoms with Crippen molar-refractivity contribution in [3.8, 4) is 0 Å². The quantitative estimate of drug-likeness (QED) is 0.642. The van der Waals surface area contributed by atoms with Gasteiger partial charge in [-0.05, 0) is 44.9 Å². The monoisotopic (exact) mass is 168 g/mol. The lowest BCUT2D eigenvalue weighted by Crippen LogP contribution is -2.07. The van der Waals surface area contributed by atoms with Crippen molar-refractivity contribution in [3.05, 3.63) is 11.1 Å². The molecule has 0 aromatic heterocycles. The summed E-state index contributed by atoms with van der Waals surface area (Å²) in [6.45, 7) is 7.15. The van der Waals surface area contributed by atoms with E-state index < -0.39 is 0 Å². The molecule has 0 radical (unpaired) electrons. The van der Waals surface area contributed by atoms with E-state index in [1.165, 1.54) is 12.8 Å². The van der Waals surface area contributed by atoms with Gasteiger partial charge >= 0.3 is 0 Å². The van der Waals surface area contributed by atoms with Gasteiger partial charge in [-0.1, -0.05) is 18.1 Å². The molecule has 0 saturated carbocycles. The van der Waals surface area contributed by atoms with Gasteiger partial charge in [0.15, 0.2) is 0 Å². The first-order chi connectivity index (χ1) is 5.66. The van der Waals surface area contributed by atoms with E-state index in [-0.39, 0.29) is 0 Å². The number of allylic oxidation sites excluding steroid dienone is 2. The Kier molecular flexibility index (Phi) is 3.33. The van der Waals surface area contributed by atoms with Gasteiger partial charge in [-0.3, -0.25) is 0 Å². The van der Waals surface area contributed by atoms with Crippen LogP contribution in [0.5, 0.6) is 0 Å². The molecule has 1 aliphatic rings. The van der Waals surface area contributed by atoms with Crippen molar-refractivity contribution in [2.24, 2.45) is 11.8 Å². The van der Waals surface area contributed by atoms with E-state index >= 15 is 0 Å². The first kappa shape index (κ1) is 9.79. The number of hydrogen-bond acceptors (Lipinski definition) is 1. The van der Waals surface area contributed by atoms with Crippen LogP contribution in [0.3, 0.4) is 0 Å². The summed E-state index contributed by atoms with van der Waals surface area (Å²) < 4.78 is 0. The van der Waals surface area contributed by atoms with Crippen LogP contribution in [0.2, 0.25) is 0 Å². The summed E-state index contributed by atoms with van der Waals surface area (Å²) in [5, 5.41) is 8.73. The molecular weight excluding hydrogens is 148 g/mol. The average Bonchev–Trinajstić information content (AvgIpc) is 2.30. The van der Waals surface area contributed by atoms with Crippen LogP contribution >= 0.6 is 0 Å². The molecule has 1 aliphatic carbocycles. The third kappa shape index (κ3) is 1.89. The normalized spacial score (nSPS) is 30.0. The van der Waals surface area contributed by atoms with Crippen molar-refractivity contribution in [2.45, 2.75) is 40.0 Å². The molecule has 0 saturated heterocycles. The van der Waals surface area contributed by atoms with Gasteiger partial charge in [0, 0.05) is 6.61 Å². The second kappa shape index (κ2) is 4.08. The highest BCUT2D eigenvalue weighted by Gasteiger charge is 2.25. The van der Waals surface area contributed by atoms with Gasteiger partial charge in [0.05, 0.1) is 0 Å². The highest BCUT2D eigenvalue weighted by Crippen LogP contribution is 2.38. The molecule has 2 atom stereocenters. The zero-order valence-corrected chi connectivity index (χ0v) is 8.43. The maximum Gasteiger partial charge on any atom is 0.0431 e. The molecule has 12 heavy (non-hydrogen) atoms. The molecule has 2 unspecified atom stereocenters. The maximum atomic E-state index is 8.73. The summed E-state index contributed by atoms with van der Waals surface area (Å²) >= 11 is 0. The molecule has 1 heteroatoms. The lowest BCUT2D eigenvalue weighted by Gasteiger charge is -2.16. The second-order valence-electron chi connectivity index (χ2n) is 4.08. The number of aliphatic hydroxyl groups is 1. The lowest BCUT2D eigenvalue weighted by molar-refractivity contribution is 0.263. The van der Waals surface area contributed by atoms with Gasteiger partial charge in [0.1, 0.15) is 0 Å². The molecular formula is C11H20O. The summed E-state index contributed by atoms with van der Waals surface area (Å²) in [4.78, 5) is 0. The first-order valence-electron chi connectivity index (χ1n) is 4.94. The van der Waals surface area contributed by atoms with E-state index in [1.54, 1.807) is 11.1 Å². The van der Waals surface area contributed by atoms with E-state index in [9.17, 15) is 0 Å². The predicted molar refractivity (Wildman–Crippen MR) is 52.0 cm³/mol. The average molecular weight is 168 g/mol. The SMILES string of the molecule is CC1=C(C)C(C)C(CCCO)C1. The van der Waals surface area contributed by atoms with Crippen molar-refractivity contribution in [1.82, 2.24) is 0 Å². The lowest BCUT2D eigenvalue weighted by atomic mass is 9.90. The minimum atomic E-state index is 0.349. The van der Waals surface area contributed by atoms with E-state index in [2.05, 4.69) is 20.8 Å². The fraction of sp³-hybridized carbons (Fsp3) is 0.818. The summed E-state index contributed by atoms with van der Waals surface area (Å²) in [6, 6.07) is 0. The summed E-state index contributed by atoms with van der Waals surface area (Å²) in [5.41, 5.74) is 3.16. The van der Waals surface area contributed by atoms with Crippen LogP contribution in [0.15, 0.2) is 11.1 Å². The Bertz CT molecular complexity index is 181. The van der Waals surface area contributed by atoms with Crippen LogP contribution in [-0.4, -0.2) is 11.7 Å². The highest BCUT2D eigenvalue weighted by molar-refractivity contribution is 5.20. The first-order valence-corrected chi connectivity index (χ1v) is 4.94. The van der Waals surface area contributed by atoms with E-state index in [4.69, 9.17) is 5.11 Å². The molecule has 0 fully saturated rings. The molecule has 0 spiro atoms. The third-order valence-corrected chi connectivity index (χ3v) is 3.36.